The summed E-state index contributed by atoms with van der Waals surface area (Å²) in [5.74, 6) is -0.716. The summed E-state index contributed by atoms with van der Waals surface area (Å²) >= 11 is 5.52. The van der Waals surface area contributed by atoms with E-state index in [1.807, 2.05) is 36.4 Å². The largest absolute Gasteiger partial charge is 0.481 e. The van der Waals surface area contributed by atoms with Gasteiger partial charge in [0.05, 0.1) is 5.41 Å². The predicted molar refractivity (Wildman–Crippen MR) is 76.4 cm³/mol. The van der Waals surface area contributed by atoms with Gasteiger partial charge in [0, 0.05) is 12.1 Å². The summed E-state index contributed by atoms with van der Waals surface area (Å²) in [5, 5.41) is 9.65. The number of hydrogen-bond donors (Lipinski definition) is 1. The molecule has 102 valence electrons. The zero-order chi connectivity index (χ0) is 13.7. The maximum atomic E-state index is 11.7. The second-order valence-electron chi connectivity index (χ2n) is 4.92. The van der Waals surface area contributed by atoms with Crippen molar-refractivity contribution in [3.8, 4) is 0 Å². The van der Waals surface area contributed by atoms with E-state index in [9.17, 15) is 9.90 Å². The molecule has 2 rings (SSSR count). The first kappa shape index (κ1) is 14.1. The van der Waals surface area contributed by atoms with Crippen LogP contribution in [0.5, 0.6) is 0 Å². The van der Waals surface area contributed by atoms with Gasteiger partial charge in [-0.2, -0.15) is 0 Å². The summed E-state index contributed by atoms with van der Waals surface area (Å²) in [7, 11) is 0. The lowest BCUT2D eigenvalue weighted by molar-refractivity contribution is -0.145. The van der Waals surface area contributed by atoms with Crippen LogP contribution in [0, 0.1) is 0 Å². The molecule has 0 radical (unpaired) electrons. The Bertz CT molecular complexity index is 450. The van der Waals surface area contributed by atoms with Crippen LogP contribution >= 0.6 is 11.6 Å². The number of carbonyl (C=O) groups is 1. The first-order valence-electron chi connectivity index (χ1n) is 6.45. The molecule has 0 saturated carbocycles. The molecule has 0 bridgehead atoms. The fraction of sp³-hybridized carbons (Fsp3) is 0.400. The van der Waals surface area contributed by atoms with Crippen LogP contribution in [0.25, 0.3) is 0 Å². The monoisotopic (exact) mass is 279 g/mol. The molecule has 1 aromatic rings. The van der Waals surface area contributed by atoms with Gasteiger partial charge in [-0.15, -0.1) is 0 Å². The molecule has 0 atom stereocenters. The van der Waals surface area contributed by atoms with E-state index in [4.69, 9.17) is 11.6 Å². The lowest BCUT2D eigenvalue weighted by Gasteiger charge is -2.38. The molecule has 3 nitrogen and oxygen atoms in total. The predicted octanol–water partition coefficient (Wildman–Crippen LogP) is 2.86. The van der Waals surface area contributed by atoms with E-state index in [1.165, 1.54) is 5.54 Å². The van der Waals surface area contributed by atoms with Crippen molar-refractivity contribution >= 4 is 17.6 Å². The molecule has 1 aliphatic rings. The highest BCUT2D eigenvalue weighted by molar-refractivity contribution is 6.25. The van der Waals surface area contributed by atoms with Gasteiger partial charge in [-0.25, -0.2) is 0 Å². The van der Waals surface area contributed by atoms with Crippen molar-refractivity contribution in [3.63, 3.8) is 0 Å². The van der Waals surface area contributed by atoms with Crippen LogP contribution in [0.15, 0.2) is 41.9 Å². The number of nitrogens with zero attached hydrogens (tertiary/aromatic N) is 1. The third-order valence-electron chi connectivity index (χ3n) is 3.90. The molecule has 1 fully saturated rings. The number of rotatable bonds is 4. The minimum atomic E-state index is -0.734. The Morgan fingerprint density at radius 1 is 1.32 bits per heavy atom. The summed E-state index contributed by atoms with van der Waals surface area (Å²) in [5.41, 5.74) is 1.69. The van der Waals surface area contributed by atoms with Crippen LogP contribution < -0.4 is 0 Å². The Balaban J connectivity index is 2.14. The molecule has 19 heavy (non-hydrogen) atoms. The average Bonchev–Trinajstić information content (AvgIpc) is 2.46. The van der Waals surface area contributed by atoms with Gasteiger partial charge in [0.25, 0.3) is 0 Å². The summed E-state index contributed by atoms with van der Waals surface area (Å²) in [6.45, 7) is 2.35. The van der Waals surface area contributed by atoms with E-state index in [1.54, 1.807) is 0 Å². The van der Waals surface area contributed by atoms with E-state index in [0.717, 1.165) is 25.2 Å². The normalized spacial score (nSPS) is 19.6. The van der Waals surface area contributed by atoms with Crippen LogP contribution in [0.1, 0.15) is 18.4 Å². The number of carboxylic acids is 1. The van der Waals surface area contributed by atoms with Crippen molar-refractivity contribution in [1.29, 1.82) is 0 Å². The molecule has 0 aliphatic carbocycles. The molecule has 0 amide bonds. The van der Waals surface area contributed by atoms with Crippen molar-refractivity contribution in [3.05, 3.63) is 47.5 Å². The Morgan fingerprint density at radius 2 is 1.95 bits per heavy atom. The quantitative estimate of drug-likeness (QED) is 0.921. The van der Waals surface area contributed by atoms with Gasteiger partial charge in [0.15, 0.2) is 0 Å². The SMILES string of the molecule is O=C(O)C1(c2ccccc2)CCN(C/C=C\Cl)CC1. The fourth-order valence-electron chi connectivity index (χ4n) is 2.69. The smallest absolute Gasteiger partial charge is 0.314 e. The van der Waals surface area contributed by atoms with Crippen LogP contribution in [-0.4, -0.2) is 35.6 Å². The summed E-state index contributed by atoms with van der Waals surface area (Å²) < 4.78 is 0. The average molecular weight is 280 g/mol. The zero-order valence-corrected chi connectivity index (χ0v) is 11.5. The maximum absolute atomic E-state index is 11.7. The van der Waals surface area contributed by atoms with Gasteiger partial charge in [-0.3, -0.25) is 9.69 Å². The number of benzene rings is 1. The second kappa shape index (κ2) is 6.22. The van der Waals surface area contributed by atoms with E-state index in [2.05, 4.69) is 4.90 Å². The van der Waals surface area contributed by atoms with Crippen molar-refractivity contribution in [1.82, 2.24) is 4.90 Å². The van der Waals surface area contributed by atoms with E-state index in [0.29, 0.717) is 12.8 Å². The topological polar surface area (TPSA) is 40.5 Å². The second-order valence-corrected chi connectivity index (χ2v) is 5.17. The Hall–Kier alpha value is -1.32. The van der Waals surface area contributed by atoms with Gasteiger partial charge in [0.2, 0.25) is 0 Å². The van der Waals surface area contributed by atoms with E-state index >= 15 is 0 Å². The number of piperidine rings is 1. The van der Waals surface area contributed by atoms with Crippen molar-refractivity contribution in [2.45, 2.75) is 18.3 Å². The number of carboxylic acid groups (broad SMARTS) is 1. The van der Waals surface area contributed by atoms with Crippen LogP contribution in [-0.2, 0) is 10.2 Å². The summed E-state index contributed by atoms with van der Waals surface area (Å²) in [6.07, 6.45) is 3.17. The maximum Gasteiger partial charge on any atom is 0.314 e. The standard InChI is InChI=1S/C15H18ClNO2/c16-9-4-10-17-11-7-15(8-12-17,14(18)19)13-5-2-1-3-6-13/h1-6,9H,7-8,10-12H2,(H,18,19)/b9-4-. The van der Waals surface area contributed by atoms with Gasteiger partial charge >= 0.3 is 5.97 Å². The third kappa shape index (κ3) is 2.99. The first-order chi connectivity index (χ1) is 9.19. The molecular weight excluding hydrogens is 262 g/mol. The highest BCUT2D eigenvalue weighted by Gasteiger charge is 2.42. The minimum Gasteiger partial charge on any atom is -0.481 e. The Morgan fingerprint density at radius 3 is 2.47 bits per heavy atom. The Labute approximate surface area is 118 Å². The molecule has 1 N–H and O–H groups in total. The van der Waals surface area contributed by atoms with Crippen LogP contribution in [0.2, 0.25) is 0 Å². The zero-order valence-electron chi connectivity index (χ0n) is 10.8. The fourth-order valence-corrected chi connectivity index (χ4v) is 2.77. The van der Waals surface area contributed by atoms with Crippen molar-refractivity contribution in [2.24, 2.45) is 0 Å². The van der Waals surface area contributed by atoms with Gasteiger partial charge in [-0.05, 0) is 31.5 Å². The van der Waals surface area contributed by atoms with Crippen molar-refractivity contribution < 1.29 is 9.90 Å². The molecule has 1 aromatic carbocycles. The molecule has 1 aliphatic heterocycles. The lowest BCUT2D eigenvalue weighted by Crippen LogP contribution is -2.47. The molecule has 1 heterocycles. The summed E-state index contributed by atoms with van der Waals surface area (Å²) in [6, 6.07) is 9.57. The number of halogens is 1. The number of hydrogen-bond acceptors (Lipinski definition) is 2. The number of aliphatic carboxylic acids is 1. The van der Waals surface area contributed by atoms with Crippen LogP contribution in [0.4, 0.5) is 0 Å². The molecule has 0 unspecified atom stereocenters. The molecule has 0 aromatic heterocycles. The third-order valence-corrected chi connectivity index (χ3v) is 4.08. The highest BCUT2D eigenvalue weighted by atomic mass is 35.5. The molecule has 0 spiro atoms. The van der Waals surface area contributed by atoms with E-state index < -0.39 is 11.4 Å². The van der Waals surface area contributed by atoms with Crippen LogP contribution in [0.3, 0.4) is 0 Å². The number of likely N-dealkylation sites (tertiary alicyclic amines) is 1. The van der Waals surface area contributed by atoms with Gasteiger partial charge < -0.3 is 5.11 Å². The highest BCUT2D eigenvalue weighted by Crippen LogP contribution is 2.35. The van der Waals surface area contributed by atoms with Gasteiger partial charge in [0.1, 0.15) is 0 Å². The molecular formula is C15H18ClNO2. The summed E-state index contributed by atoms with van der Waals surface area (Å²) in [4.78, 5) is 14.0. The lowest BCUT2D eigenvalue weighted by atomic mass is 9.73. The molecule has 4 heteroatoms. The molecule has 1 saturated heterocycles. The van der Waals surface area contributed by atoms with E-state index in [-0.39, 0.29) is 0 Å². The first-order valence-corrected chi connectivity index (χ1v) is 6.89. The Kier molecular flexibility index (Phi) is 4.61. The van der Waals surface area contributed by atoms with Gasteiger partial charge in [-0.1, -0.05) is 48.0 Å². The minimum absolute atomic E-state index is 0.641. The van der Waals surface area contributed by atoms with Crippen molar-refractivity contribution in [2.75, 3.05) is 19.6 Å².